The largest absolute Gasteiger partial charge is 0.371 e. The average molecular weight is 280 g/mol. The van der Waals surface area contributed by atoms with E-state index in [9.17, 15) is 4.79 Å². The van der Waals surface area contributed by atoms with Crippen LogP contribution in [0, 0.1) is 11.8 Å². The number of nitrogens with zero attached hydrogens (tertiary/aromatic N) is 2. The van der Waals surface area contributed by atoms with Gasteiger partial charge in [0.2, 0.25) is 0 Å². The van der Waals surface area contributed by atoms with Crippen LogP contribution in [0.15, 0.2) is 0 Å². The maximum atomic E-state index is 12.5. The van der Waals surface area contributed by atoms with Gasteiger partial charge in [0, 0.05) is 26.7 Å². The normalized spacial score (nSPS) is 29.6. The number of hydrogen-bond acceptors (Lipinski definition) is 3. The summed E-state index contributed by atoms with van der Waals surface area (Å²) in [5.41, 5.74) is 0. The third-order valence-corrected chi connectivity index (χ3v) is 5.11. The highest BCUT2D eigenvalue weighted by atomic mass is 16.5. The molecule has 0 spiro atoms. The number of rotatable bonds is 5. The molecule has 1 amide bonds. The van der Waals surface area contributed by atoms with Gasteiger partial charge in [0.1, 0.15) is 6.10 Å². The summed E-state index contributed by atoms with van der Waals surface area (Å²) in [6.07, 6.45) is 7.42. The van der Waals surface area contributed by atoms with Crippen LogP contribution in [0.1, 0.15) is 38.5 Å². The predicted octanol–water partition coefficient (Wildman–Crippen LogP) is 1.75. The number of carbonyl (C=O) groups is 1. The Kier molecular flexibility index (Phi) is 4.61. The van der Waals surface area contributed by atoms with E-state index in [0.717, 1.165) is 25.9 Å². The summed E-state index contributed by atoms with van der Waals surface area (Å²) in [5, 5.41) is 0. The molecule has 20 heavy (non-hydrogen) atoms. The van der Waals surface area contributed by atoms with E-state index in [0.29, 0.717) is 11.8 Å². The molecule has 0 aromatic carbocycles. The fraction of sp³-hybridized carbons (Fsp3) is 0.938. The molecule has 0 radical (unpaired) electrons. The van der Waals surface area contributed by atoms with Crippen molar-refractivity contribution < 1.29 is 9.53 Å². The van der Waals surface area contributed by atoms with Crippen LogP contribution in [0.25, 0.3) is 0 Å². The lowest BCUT2D eigenvalue weighted by Crippen LogP contribution is -2.41. The minimum atomic E-state index is -0.163. The second-order valence-electron chi connectivity index (χ2n) is 6.79. The van der Waals surface area contributed by atoms with Gasteiger partial charge in [0.25, 0.3) is 5.91 Å². The fourth-order valence-electron chi connectivity index (χ4n) is 3.76. The Morgan fingerprint density at radius 3 is 2.55 bits per heavy atom. The minimum absolute atomic E-state index is 0.163. The van der Waals surface area contributed by atoms with E-state index in [1.165, 1.54) is 45.3 Å². The number of amides is 1. The molecule has 4 heteroatoms. The van der Waals surface area contributed by atoms with E-state index in [4.69, 9.17) is 4.74 Å². The Morgan fingerprint density at radius 1 is 1.15 bits per heavy atom. The highest BCUT2D eigenvalue weighted by Crippen LogP contribution is 2.35. The van der Waals surface area contributed by atoms with Crippen molar-refractivity contribution in [2.24, 2.45) is 11.8 Å². The number of methoxy groups -OCH3 is 1. The Hall–Kier alpha value is -0.610. The zero-order valence-electron chi connectivity index (χ0n) is 12.7. The summed E-state index contributed by atoms with van der Waals surface area (Å²) in [6, 6.07) is 0. The first-order valence-electron chi connectivity index (χ1n) is 8.32. The standard InChI is InChI=1S/C16H28N2O2/c1-20-15(14-5-6-14)16(19)18-10-7-13(12-18)11-17-8-3-2-4-9-17/h13-15H,2-12H2,1H3/t13-,15+/m0/s1. The molecule has 3 aliphatic rings. The van der Waals surface area contributed by atoms with E-state index in [1.807, 2.05) is 0 Å². The molecule has 0 aromatic heterocycles. The Bertz CT molecular complexity index is 337. The molecule has 2 heterocycles. The van der Waals surface area contributed by atoms with Crippen molar-refractivity contribution in [1.29, 1.82) is 0 Å². The smallest absolute Gasteiger partial charge is 0.251 e. The molecule has 0 bridgehead atoms. The molecule has 0 N–H and O–H groups in total. The molecule has 114 valence electrons. The molecule has 3 rings (SSSR count). The third kappa shape index (κ3) is 3.34. The third-order valence-electron chi connectivity index (χ3n) is 5.11. The summed E-state index contributed by atoms with van der Waals surface area (Å²) in [7, 11) is 1.68. The Balaban J connectivity index is 1.47. The van der Waals surface area contributed by atoms with Gasteiger partial charge in [-0.05, 0) is 57.0 Å². The van der Waals surface area contributed by atoms with Gasteiger partial charge in [-0.3, -0.25) is 4.79 Å². The quantitative estimate of drug-likeness (QED) is 0.769. The topological polar surface area (TPSA) is 32.8 Å². The van der Waals surface area contributed by atoms with Crippen molar-refractivity contribution >= 4 is 5.91 Å². The van der Waals surface area contributed by atoms with E-state index in [2.05, 4.69) is 9.80 Å². The molecule has 1 aliphatic carbocycles. The molecule has 0 unspecified atom stereocenters. The second kappa shape index (κ2) is 6.44. The molecular weight excluding hydrogens is 252 g/mol. The molecule has 2 aliphatic heterocycles. The first-order chi connectivity index (χ1) is 9.78. The zero-order chi connectivity index (χ0) is 13.9. The first-order valence-corrected chi connectivity index (χ1v) is 8.32. The average Bonchev–Trinajstić information content (AvgIpc) is 3.19. The molecule has 2 saturated heterocycles. The van der Waals surface area contributed by atoms with E-state index in [1.54, 1.807) is 7.11 Å². The monoisotopic (exact) mass is 280 g/mol. The molecule has 1 saturated carbocycles. The summed E-state index contributed by atoms with van der Waals surface area (Å²) in [6.45, 7) is 5.58. The lowest BCUT2D eigenvalue weighted by Gasteiger charge is -2.29. The zero-order valence-corrected chi connectivity index (χ0v) is 12.7. The minimum Gasteiger partial charge on any atom is -0.371 e. The van der Waals surface area contributed by atoms with Crippen LogP contribution in [0.3, 0.4) is 0 Å². The molecule has 3 fully saturated rings. The van der Waals surface area contributed by atoms with Gasteiger partial charge in [-0.25, -0.2) is 0 Å². The van der Waals surface area contributed by atoms with Crippen molar-refractivity contribution in [2.75, 3.05) is 39.8 Å². The Labute approximate surface area is 122 Å². The van der Waals surface area contributed by atoms with Gasteiger partial charge in [0.05, 0.1) is 0 Å². The van der Waals surface area contributed by atoms with E-state index >= 15 is 0 Å². The molecule has 0 aromatic rings. The van der Waals surface area contributed by atoms with Crippen LogP contribution in [-0.2, 0) is 9.53 Å². The number of piperidine rings is 1. The maximum Gasteiger partial charge on any atom is 0.251 e. The van der Waals surface area contributed by atoms with Gasteiger partial charge < -0.3 is 14.5 Å². The van der Waals surface area contributed by atoms with Gasteiger partial charge in [-0.2, -0.15) is 0 Å². The van der Waals surface area contributed by atoms with Crippen molar-refractivity contribution in [3.8, 4) is 0 Å². The van der Waals surface area contributed by atoms with Crippen molar-refractivity contribution in [1.82, 2.24) is 9.80 Å². The van der Waals surface area contributed by atoms with Crippen molar-refractivity contribution in [3.63, 3.8) is 0 Å². The highest BCUT2D eigenvalue weighted by Gasteiger charge is 2.40. The Morgan fingerprint density at radius 2 is 1.90 bits per heavy atom. The lowest BCUT2D eigenvalue weighted by atomic mass is 10.1. The number of hydrogen-bond donors (Lipinski definition) is 0. The van der Waals surface area contributed by atoms with Gasteiger partial charge in [-0.15, -0.1) is 0 Å². The van der Waals surface area contributed by atoms with E-state index < -0.39 is 0 Å². The summed E-state index contributed by atoms with van der Waals surface area (Å²) in [5.74, 6) is 1.42. The van der Waals surface area contributed by atoms with E-state index in [-0.39, 0.29) is 12.0 Å². The first kappa shape index (κ1) is 14.3. The predicted molar refractivity (Wildman–Crippen MR) is 78.5 cm³/mol. The summed E-state index contributed by atoms with van der Waals surface area (Å²) >= 11 is 0. The fourth-order valence-corrected chi connectivity index (χ4v) is 3.76. The molecular formula is C16H28N2O2. The van der Waals surface area contributed by atoms with Crippen LogP contribution in [0.5, 0.6) is 0 Å². The van der Waals surface area contributed by atoms with Gasteiger partial charge >= 0.3 is 0 Å². The number of carbonyl (C=O) groups excluding carboxylic acids is 1. The van der Waals surface area contributed by atoms with Crippen LogP contribution in [0.4, 0.5) is 0 Å². The summed E-state index contributed by atoms with van der Waals surface area (Å²) in [4.78, 5) is 17.1. The van der Waals surface area contributed by atoms with Crippen LogP contribution in [-0.4, -0.2) is 61.6 Å². The van der Waals surface area contributed by atoms with Gasteiger partial charge in [0.15, 0.2) is 0 Å². The summed E-state index contributed by atoms with van der Waals surface area (Å²) < 4.78 is 5.43. The molecule has 4 nitrogen and oxygen atoms in total. The van der Waals surface area contributed by atoms with Crippen LogP contribution >= 0.6 is 0 Å². The number of ether oxygens (including phenoxy) is 1. The SMILES string of the molecule is CO[C@@H](C(=O)N1CC[C@@H](CN2CCCCC2)C1)C1CC1. The molecule has 2 atom stereocenters. The second-order valence-corrected chi connectivity index (χ2v) is 6.79. The van der Waals surface area contributed by atoms with Crippen molar-refractivity contribution in [2.45, 2.75) is 44.6 Å². The maximum absolute atomic E-state index is 12.5. The van der Waals surface area contributed by atoms with Crippen molar-refractivity contribution in [3.05, 3.63) is 0 Å². The van der Waals surface area contributed by atoms with Gasteiger partial charge in [-0.1, -0.05) is 6.42 Å². The highest BCUT2D eigenvalue weighted by molar-refractivity contribution is 5.82. The van der Waals surface area contributed by atoms with Crippen LogP contribution in [0.2, 0.25) is 0 Å². The number of likely N-dealkylation sites (tertiary alicyclic amines) is 2. The lowest BCUT2D eigenvalue weighted by molar-refractivity contribution is -0.142. The van der Waals surface area contributed by atoms with Crippen LogP contribution < -0.4 is 0 Å².